The molecule has 1 aromatic carbocycles. The van der Waals surface area contributed by atoms with E-state index in [4.69, 9.17) is 11.7 Å². The summed E-state index contributed by atoms with van der Waals surface area (Å²) < 4.78 is 0. The first kappa shape index (κ1) is 12.2. The highest BCUT2D eigenvalue weighted by Crippen LogP contribution is 2.18. The van der Waals surface area contributed by atoms with Gasteiger partial charge in [0.1, 0.15) is 5.69 Å². The van der Waals surface area contributed by atoms with Gasteiger partial charge in [-0.25, -0.2) is 16.8 Å². The van der Waals surface area contributed by atoms with E-state index in [0.717, 1.165) is 11.1 Å². The second-order valence-corrected chi connectivity index (χ2v) is 4.01. The average molecular weight is 242 g/mol. The summed E-state index contributed by atoms with van der Waals surface area (Å²) in [5.41, 5.74) is 3.40. The molecule has 0 radical (unpaired) electrons. The van der Waals surface area contributed by atoms with Crippen molar-refractivity contribution in [3.63, 3.8) is 0 Å². The van der Waals surface area contributed by atoms with E-state index in [1.807, 2.05) is 37.3 Å². The van der Waals surface area contributed by atoms with Crippen LogP contribution in [0.15, 0.2) is 42.6 Å². The Morgan fingerprint density at radius 3 is 2.17 bits per heavy atom. The lowest BCUT2D eigenvalue weighted by Gasteiger charge is -2.08. The normalized spacial score (nSPS) is 10.2. The zero-order chi connectivity index (χ0) is 13.1. The van der Waals surface area contributed by atoms with Gasteiger partial charge in [0.2, 0.25) is 0 Å². The van der Waals surface area contributed by atoms with E-state index in [-0.39, 0.29) is 5.69 Å². The van der Waals surface area contributed by atoms with Crippen molar-refractivity contribution in [2.24, 2.45) is 11.7 Å². The monoisotopic (exact) mass is 242 g/mol. The van der Waals surface area contributed by atoms with Crippen LogP contribution in [0.5, 0.6) is 0 Å². The summed E-state index contributed by atoms with van der Waals surface area (Å²) in [5.74, 6) is 9.79. The van der Waals surface area contributed by atoms with Crippen LogP contribution in [0.4, 0.5) is 0 Å². The maximum atomic E-state index is 11.5. The Labute approximate surface area is 105 Å². The van der Waals surface area contributed by atoms with E-state index >= 15 is 0 Å². The van der Waals surface area contributed by atoms with Crippen molar-refractivity contribution in [1.82, 2.24) is 10.1 Å². The Hall–Kier alpha value is -2.24. The molecule has 1 aromatic heterocycles. The second kappa shape index (κ2) is 4.95. The lowest BCUT2D eigenvalue weighted by molar-refractivity contribution is 0.0749. The number of carbonyl (C=O) groups excluding carboxylic acids is 1. The van der Waals surface area contributed by atoms with E-state index < -0.39 is 5.91 Å². The summed E-state index contributed by atoms with van der Waals surface area (Å²) in [6.45, 7) is 2.03. The molecule has 0 aliphatic heterocycles. The molecule has 0 fully saturated rings. The zero-order valence-electron chi connectivity index (χ0n) is 10.00. The van der Waals surface area contributed by atoms with Crippen LogP contribution in [-0.2, 0) is 0 Å². The molecule has 0 aliphatic carbocycles. The Kier molecular flexibility index (Phi) is 3.36. The Morgan fingerprint density at radius 1 is 1.06 bits per heavy atom. The number of amides is 1. The van der Waals surface area contributed by atoms with Gasteiger partial charge in [0.15, 0.2) is 0 Å². The van der Waals surface area contributed by atoms with Gasteiger partial charge in [-0.05, 0) is 18.6 Å². The lowest BCUT2D eigenvalue weighted by atomic mass is 10.1. The Balaban J connectivity index is 2.27. The fourth-order valence-electron chi connectivity index (χ4n) is 1.57. The third kappa shape index (κ3) is 2.53. The number of pyridine rings is 1. The van der Waals surface area contributed by atoms with Crippen molar-refractivity contribution in [3.8, 4) is 11.1 Å². The molecule has 0 aliphatic rings. The highest BCUT2D eigenvalue weighted by atomic mass is 16.2. The summed E-state index contributed by atoms with van der Waals surface area (Å²) in [4.78, 5) is 15.5. The first-order chi connectivity index (χ1) is 8.58. The van der Waals surface area contributed by atoms with E-state index in [9.17, 15) is 4.79 Å². The van der Waals surface area contributed by atoms with Crippen LogP contribution in [0.3, 0.4) is 0 Å². The number of rotatable bonds is 2. The van der Waals surface area contributed by atoms with Crippen LogP contribution in [0.2, 0.25) is 0 Å². The first-order valence-electron chi connectivity index (χ1n) is 5.45. The molecule has 1 amide bonds. The molecule has 0 saturated carbocycles. The number of aromatic nitrogens is 1. The van der Waals surface area contributed by atoms with Crippen molar-refractivity contribution in [1.29, 1.82) is 0 Å². The van der Waals surface area contributed by atoms with Crippen LogP contribution in [0.25, 0.3) is 11.1 Å². The molecule has 4 N–H and O–H groups in total. The summed E-state index contributed by atoms with van der Waals surface area (Å²) in [7, 11) is 0. The molecule has 0 bridgehead atoms. The largest absolute Gasteiger partial charge is 0.300 e. The molecule has 2 rings (SSSR count). The smallest absolute Gasteiger partial charge is 0.264 e. The molecule has 0 atom stereocenters. The number of benzene rings is 1. The number of nitrogens with two attached hydrogens (primary N) is 2. The van der Waals surface area contributed by atoms with Gasteiger partial charge in [-0.1, -0.05) is 35.9 Å². The highest BCUT2D eigenvalue weighted by Gasteiger charge is 2.10. The van der Waals surface area contributed by atoms with Gasteiger partial charge in [0, 0.05) is 11.8 Å². The van der Waals surface area contributed by atoms with E-state index in [0.29, 0.717) is 5.12 Å². The predicted octanol–water partition coefficient (Wildman–Crippen LogP) is 1.25. The van der Waals surface area contributed by atoms with Gasteiger partial charge in [0.05, 0.1) is 0 Å². The SMILES string of the molecule is Cc1ccc(-c2ccc(C(=O)N(N)N)nc2)cc1. The van der Waals surface area contributed by atoms with Crippen LogP contribution in [-0.4, -0.2) is 16.0 Å². The molecule has 0 spiro atoms. The molecule has 2 aromatic rings. The summed E-state index contributed by atoms with van der Waals surface area (Å²) in [6.07, 6.45) is 1.63. The van der Waals surface area contributed by atoms with Crippen molar-refractivity contribution in [2.45, 2.75) is 6.92 Å². The number of hydrogen-bond donors (Lipinski definition) is 2. The molecular formula is C13H14N4O. The second-order valence-electron chi connectivity index (χ2n) is 4.01. The predicted molar refractivity (Wildman–Crippen MR) is 69.0 cm³/mol. The molecule has 5 nitrogen and oxygen atoms in total. The molecule has 18 heavy (non-hydrogen) atoms. The topological polar surface area (TPSA) is 85.2 Å². The Morgan fingerprint density at radius 2 is 1.67 bits per heavy atom. The quantitative estimate of drug-likeness (QED) is 0.471. The van der Waals surface area contributed by atoms with Gasteiger partial charge >= 0.3 is 5.91 Å². The molecule has 0 saturated heterocycles. The maximum absolute atomic E-state index is 11.5. The standard InChI is InChI=1S/C13H14N4O/c1-9-2-4-10(5-3-9)11-6-7-12(16-8-11)13(18)17(14)15/h2-8H,14-15H2,1H3. The Bertz CT molecular complexity index is 546. The summed E-state index contributed by atoms with van der Waals surface area (Å²) in [5, 5.41) is 0.522. The van der Waals surface area contributed by atoms with Crippen LogP contribution in [0.1, 0.15) is 16.1 Å². The third-order valence-corrected chi connectivity index (χ3v) is 2.60. The van der Waals surface area contributed by atoms with E-state index in [1.165, 1.54) is 5.56 Å². The van der Waals surface area contributed by atoms with E-state index in [2.05, 4.69) is 4.98 Å². The van der Waals surface area contributed by atoms with Gasteiger partial charge < -0.3 is 0 Å². The lowest BCUT2D eigenvalue weighted by Crippen LogP contribution is -2.43. The van der Waals surface area contributed by atoms with Crippen LogP contribution >= 0.6 is 0 Å². The van der Waals surface area contributed by atoms with Crippen LogP contribution < -0.4 is 11.7 Å². The summed E-state index contributed by atoms with van der Waals surface area (Å²) in [6, 6.07) is 11.5. The maximum Gasteiger partial charge on any atom is 0.300 e. The van der Waals surface area contributed by atoms with Gasteiger partial charge in [0.25, 0.3) is 0 Å². The first-order valence-corrected chi connectivity index (χ1v) is 5.45. The van der Waals surface area contributed by atoms with Crippen molar-refractivity contribution in [3.05, 3.63) is 53.9 Å². The zero-order valence-corrected chi connectivity index (χ0v) is 10.00. The van der Waals surface area contributed by atoms with Crippen LogP contribution in [0, 0.1) is 6.92 Å². The minimum absolute atomic E-state index is 0.218. The fourth-order valence-corrected chi connectivity index (χ4v) is 1.57. The molecule has 0 unspecified atom stereocenters. The third-order valence-electron chi connectivity index (χ3n) is 2.60. The number of hydrogen-bond acceptors (Lipinski definition) is 4. The molecule has 5 heteroatoms. The number of hydrazine groups is 2. The minimum atomic E-state index is -0.523. The van der Waals surface area contributed by atoms with Gasteiger partial charge in [-0.2, -0.15) is 0 Å². The van der Waals surface area contributed by atoms with E-state index in [1.54, 1.807) is 12.3 Å². The summed E-state index contributed by atoms with van der Waals surface area (Å²) >= 11 is 0. The number of carbonyl (C=O) groups is 1. The highest BCUT2D eigenvalue weighted by molar-refractivity contribution is 5.91. The molecule has 1 heterocycles. The minimum Gasteiger partial charge on any atom is -0.264 e. The average Bonchev–Trinajstić information content (AvgIpc) is 2.39. The molecular weight excluding hydrogens is 228 g/mol. The number of aryl methyl sites for hydroxylation is 1. The van der Waals surface area contributed by atoms with Crippen molar-refractivity contribution >= 4 is 5.91 Å². The fraction of sp³-hybridized carbons (Fsp3) is 0.0769. The molecule has 92 valence electrons. The van der Waals surface area contributed by atoms with Gasteiger partial charge in [-0.15, -0.1) is 0 Å². The van der Waals surface area contributed by atoms with Crippen molar-refractivity contribution in [2.75, 3.05) is 0 Å². The number of nitrogens with zero attached hydrogens (tertiary/aromatic N) is 2. The van der Waals surface area contributed by atoms with Gasteiger partial charge in [-0.3, -0.25) is 9.78 Å². The van der Waals surface area contributed by atoms with Crippen molar-refractivity contribution < 1.29 is 4.79 Å².